The van der Waals surface area contributed by atoms with Crippen LogP contribution in [0.4, 0.5) is 17.6 Å². The molecule has 3 nitrogen and oxygen atoms in total. The lowest BCUT2D eigenvalue weighted by Crippen LogP contribution is -2.45. The van der Waals surface area contributed by atoms with Gasteiger partial charge >= 0.3 is 6.18 Å². The zero-order valence-electron chi connectivity index (χ0n) is 12.4. The van der Waals surface area contributed by atoms with Crippen molar-refractivity contribution in [1.82, 2.24) is 0 Å². The Labute approximate surface area is 128 Å². The summed E-state index contributed by atoms with van der Waals surface area (Å²) in [5.41, 5.74) is -0.868. The molecule has 2 aliphatic carbocycles. The van der Waals surface area contributed by atoms with Crippen LogP contribution in [0, 0.1) is 5.92 Å². The molecule has 2 rings (SSSR count). The third-order valence-electron chi connectivity index (χ3n) is 4.73. The summed E-state index contributed by atoms with van der Waals surface area (Å²) < 4.78 is 70.3. The van der Waals surface area contributed by atoms with E-state index >= 15 is 0 Å². The summed E-state index contributed by atoms with van der Waals surface area (Å²) in [6, 6.07) is 0. The molecule has 2 aliphatic rings. The fraction of sp³-hybridized carbons (Fsp3) is 1.00. The molecule has 2 fully saturated rings. The molecular formula is C14H22F4O3P-. The molecule has 22 heavy (non-hydrogen) atoms. The Morgan fingerprint density at radius 2 is 1.55 bits per heavy atom. The molecule has 0 aromatic carbocycles. The van der Waals surface area contributed by atoms with Gasteiger partial charge in [0.15, 0.2) is 6.10 Å². The van der Waals surface area contributed by atoms with Crippen molar-refractivity contribution in [2.45, 2.75) is 81.9 Å². The van der Waals surface area contributed by atoms with E-state index < -0.39 is 37.6 Å². The molecule has 0 heterocycles. The van der Waals surface area contributed by atoms with Gasteiger partial charge in [-0.05, 0) is 25.7 Å². The molecule has 4 atom stereocenters. The van der Waals surface area contributed by atoms with Crippen LogP contribution < -0.4 is 4.89 Å². The Morgan fingerprint density at radius 1 is 1.00 bits per heavy atom. The van der Waals surface area contributed by atoms with Gasteiger partial charge in [-0.2, -0.15) is 13.2 Å². The van der Waals surface area contributed by atoms with Gasteiger partial charge in [0.2, 0.25) is 0 Å². The summed E-state index contributed by atoms with van der Waals surface area (Å²) in [6.07, 6.45) is -5.16. The molecule has 0 aliphatic heterocycles. The first-order valence-electron chi connectivity index (χ1n) is 7.92. The molecule has 8 heteroatoms. The summed E-state index contributed by atoms with van der Waals surface area (Å²) >= 11 is 0. The maximum Gasteiger partial charge on any atom is 0.415 e. The van der Waals surface area contributed by atoms with Crippen molar-refractivity contribution in [2.24, 2.45) is 5.92 Å². The van der Waals surface area contributed by atoms with Gasteiger partial charge in [-0.3, -0.25) is 0 Å². The molecule has 0 bridgehead atoms. The predicted molar refractivity (Wildman–Crippen MR) is 72.3 cm³/mol. The fourth-order valence-corrected chi connectivity index (χ4v) is 5.24. The van der Waals surface area contributed by atoms with Crippen LogP contribution in [0.1, 0.15) is 57.8 Å². The summed E-state index contributed by atoms with van der Waals surface area (Å²) in [5.74, 6) is -1.42. The van der Waals surface area contributed by atoms with E-state index in [-0.39, 0.29) is 12.8 Å². The minimum Gasteiger partial charge on any atom is -0.778 e. The first kappa shape index (κ1) is 18.2. The second-order valence-corrected chi connectivity index (χ2v) is 8.38. The standard InChI is InChI=1S/C14H23F4O3P/c15-12-9-5-4-8-11(12)13(14(16,17)18)21-22(19,20)10-6-2-1-3-7-10/h10-13H,1-9H2,(H,19,20)/p-1. The molecule has 0 radical (unpaired) electrons. The van der Waals surface area contributed by atoms with E-state index in [1.165, 1.54) is 0 Å². The number of hydrogen-bond donors (Lipinski definition) is 0. The van der Waals surface area contributed by atoms with Crippen molar-refractivity contribution >= 4 is 7.60 Å². The van der Waals surface area contributed by atoms with Gasteiger partial charge in [-0.1, -0.05) is 32.1 Å². The first-order chi connectivity index (χ1) is 10.2. The Balaban J connectivity index is 2.13. The van der Waals surface area contributed by atoms with Crippen molar-refractivity contribution < 1.29 is 31.5 Å². The van der Waals surface area contributed by atoms with E-state index in [0.717, 1.165) is 6.42 Å². The summed E-state index contributed by atoms with van der Waals surface area (Å²) in [7, 11) is -4.65. The molecule has 130 valence electrons. The predicted octanol–water partition coefficient (Wildman–Crippen LogP) is 4.35. The van der Waals surface area contributed by atoms with Gasteiger partial charge in [0.25, 0.3) is 0 Å². The van der Waals surface area contributed by atoms with Gasteiger partial charge < -0.3 is 14.0 Å². The third kappa shape index (κ3) is 4.45. The molecule has 0 spiro atoms. The highest BCUT2D eigenvalue weighted by molar-refractivity contribution is 7.52. The monoisotopic (exact) mass is 345 g/mol. The van der Waals surface area contributed by atoms with Gasteiger partial charge in [0, 0.05) is 11.6 Å². The second-order valence-electron chi connectivity index (χ2n) is 6.36. The van der Waals surface area contributed by atoms with Crippen LogP contribution in [-0.4, -0.2) is 24.1 Å². The Bertz CT molecular complexity index is 409. The fourth-order valence-electron chi connectivity index (χ4n) is 3.48. The number of halogens is 4. The van der Waals surface area contributed by atoms with Crippen molar-refractivity contribution in [3.8, 4) is 0 Å². The van der Waals surface area contributed by atoms with Crippen LogP contribution >= 0.6 is 7.60 Å². The minimum absolute atomic E-state index is 0.00993. The number of alkyl halides is 4. The van der Waals surface area contributed by atoms with Crippen molar-refractivity contribution in [3.63, 3.8) is 0 Å². The van der Waals surface area contributed by atoms with Crippen LogP contribution in [0.5, 0.6) is 0 Å². The molecule has 2 saturated carbocycles. The van der Waals surface area contributed by atoms with E-state index in [9.17, 15) is 27.0 Å². The topological polar surface area (TPSA) is 49.4 Å². The van der Waals surface area contributed by atoms with E-state index in [0.29, 0.717) is 38.5 Å². The van der Waals surface area contributed by atoms with E-state index in [1.807, 2.05) is 0 Å². The van der Waals surface area contributed by atoms with E-state index in [4.69, 9.17) is 0 Å². The van der Waals surface area contributed by atoms with Crippen molar-refractivity contribution in [3.05, 3.63) is 0 Å². The van der Waals surface area contributed by atoms with Crippen LogP contribution in [0.25, 0.3) is 0 Å². The highest BCUT2D eigenvalue weighted by atomic mass is 31.2. The van der Waals surface area contributed by atoms with Crippen LogP contribution in [0.15, 0.2) is 0 Å². The highest BCUT2D eigenvalue weighted by Gasteiger charge is 2.51. The lowest BCUT2D eigenvalue weighted by atomic mass is 9.83. The number of hydrogen-bond acceptors (Lipinski definition) is 3. The van der Waals surface area contributed by atoms with E-state index in [1.54, 1.807) is 0 Å². The Kier molecular flexibility index (Phi) is 5.95. The molecule has 0 aromatic heterocycles. The molecule has 0 saturated heterocycles. The largest absolute Gasteiger partial charge is 0.778 e. The average molecular weight is 345 g/mol. The molecule has 0 aromatic rings. The average Bonchev–Trinajstić information content (AvgIpc) is 2.46. The van der Waals surface area contributed by atoms with Gasteiger partial charge in [0.05, 0.1) is 0 Å². The molecule has 0 amide bonds. The smallest absolute Gasteiger partial charge is 0.415 e. The summed E-state index contributed by atoms with van der Waals surface area (Å²) in [5, 5.41) is 0. The Morgan fingerprint density at radius 3 is 2.09 bits per heavy atom. The van der Waals surface area contributed by atoms with Gasteiger partial charge in [-0.15, -0.1) is 0 Å². The van der Waals surface area contributed by atoms with E-state index in [2.05, 4.69) is 4.52 Å². The Hall–Kier alpha value is -0.130. The van der Waals surface area contributed by atoms with Crippen LogP contribution in [0.2, 0.25) is 0 Å². The van der Waals surface area contributed by atoms with Crippen molar-refractivity contribution in [1.29, 1.82) is 0 Å². The zero-order chi connectivity index (χ0) is 16.4. The summed E-state index contributed by atoms with van der Waals surface area (Å²) in [6.45, 7) is 0. The van der Waals surface area contributed by atoms with Crippen molar-refractivity contribution in [2.75, 3.05) is 0 Å². The normalized spacial score (nSPS) is 32.4. The third-order valence-corrected chi connectivity index (χ3v) is 6.66. The zero-order valence-corrected chi connectivity index (χ0v) is 13.3. The lowest BCUT2D eigenvalue weighted by molar-refractivity contribution is -0.254. The highest BCUT2D eigenvalue weighted by Crippen LogP contribution is 2.54. The minimum atomic E-state index is -4.87. The lowest BCUT2D eigenvalue weighted by Gasteiger charge is -2.41. The van der Waals surface area contributed by atoms with Gasteiger partial charge in [-0.25, -0.2) is 4.39 Å². The molecular weight excluding hydrogens is 323 g/mol. The second kappa shape index (κ2) is 7.18. The van der Waals surface area contributed by atoms with Crippen LogP contribution in [0.3, 0.4) is 0 Å². The maximum atomic E-state index is 13.9. The maximum absolute atomic E-state index is 13.9. The number of rotatable bonds is 4. The molecule has 4 unspecified atom stereocenters. The molecule has 0 N–H and O–H groups in total. The van der Waals surface area contributed by atoms with Crippen LogP contribution in [-0.2, 0) is 9.09 Å². The SMILES string of the molecule is O=P([O-])(OC(C1CCCCC1F)C(F)(F)F)C1CCCCC1. The quantitative estimate of drug-likeness (QED) is 0.562. The van der Waals surface area contributed by atoms with Gasteiger partial charge in [0.1, 0.15) is 13.8 Å². The summed E-state index contributed by atoms with van der Waals surface area (Å²) in [4.78, 5) is 12.2. The first-order valence-corrected chi connectivity index (χ1v) is 9.53.